The summed E-state index contributed by atoms with van der Waals surface area (Å²) >= 11 is 6.09. The first-order valence-corrected chi connectivity index (χ1v) is 5.01. The Morgan fingerprint density at radius 2 is 1.67 bits per heavy atom. The predicted molar refractivity (Wildman–Crippen MR) is 35.7 cm³/mol. The van der Waals surface area contributed by atoms with Crippen molar-refractivity contribution >= 4 is 42.7 Å². The molecule has 0 aromatic carbocycles. The normalized spacial score (nSPS) is 9.83. The van der Waals surface area contributed by atoms with Gasteiger partial charge in [-0.15, -0.1) is 0 Å². The molecule has 0 spiro atoms. The molecule has 0 aromatic heterocycles. The van der Waals surface area contributed by atoms with E-state index >= 15 is 0 Å². The topological polar surface area (TPSA) is 17.1 Å². The molecule has 0 radical (unpaired) electrons. The third kappa shape index (κ3) is 3.31. The van der Waals surface area contributed by atoms with Crippen molar-refractivity contribution in [1.82, 2.24) is 0 Å². The summed E-state index contributed by atoms with van der Waals surface area (Å²) in [7, 11) is -0.701. The molecule has 6 heavy (non-hydrogen) atoms. The van der Waals surface area contributed by atoms with E-state index in [1.807, 2.05) is 0 Å². The van der Waals surface area contributed by atoms with E-state index in [4.69, 9.17) is 0 Å². The molecular weight excluding hydrogens is 232 g/mol. The van der Waals surface area contributed by atoms with Gasteiger partial charge in [-0.3, -0.25) is 4.21 Å². The minimum absolute atomic E-state index is 0.568. The molecule has 0 aliphatic rings. The number of alkyl halides is 2. The second kappa shape index (κ2) is 4.27. The zero-order valence-corrected chi connectivity index (χ0v) is 6.98. The minimum atomic E-state index is -0.701. The lowest BCUT2D eigenvalue weighted by Crippen LogP contribution is -1.87. The van der Waals surface area contributed by atoms with Gasteiger partial charge in [0, 0.05) is 10.8 Å². The van der Waals surface area contributed by atoms with Gasteiger partial charge in [0.15, 0.2) is 0 Å². The highest BCUT2D eigenvalue weighted by Gasteiger charge is 1.86. The van der Waals surface area contributed by atoms with E-state index in [0.717, 1.165) is 0 Å². The molecule has 0 rings (SSSR count). The second-order valence-electron chi connectivity index (χ2n) is 0.658. The van der Waals surface area contributed by atoms with E-state index in [1.165, 1.54) is 0 Å². The van der Waals surface area contributed by atoms with E-state index < -0.39 is 10.8 Å². The molecule has 4 heteroatoms. The van der Waals surface area contributed by atoms with Gasteiger partial charge in [0.1, 0.15) is 0 Å². The van der Waals surface area contributed by atoms with E-state index in [-0.39, 0.29) is 0 Å². The summed E-state index contributed by atoms with van der Waals surface area (Å²) in [6.07, 6.45) is 0. The first kappa shape index (κ1) is 7.11. The molecule has 0 saturated heterocycles. The summed E-state index contributed by atoms with van der Waals surface area (Å²) < 4.78 is 11.3. The summed E-state index contributed by atoms with van der Waals surface area (Å²) in [5.41, 5.74) is 0. The SMILES string of the molecule is O=S(CBr)CBr. The standard InChI is InChI=1S/C2H4Br2OS/c3-1-6(5)2-4/h1-2H2. The molecule has 0 atom stereocenters. The molecule has 0 aliphatic carbocycles. The summed E-state index contributed by atoms with van der Waals surface area (Å²) in [5, 5.41) is 0. The maximum atomic E-state index is 10.2. The van der Waals surface area contributed by atoms with Gasteiger partial charge in [0.05, 0.1) is 9.32 Å². The molecule has 0 unspecified atom stereocenters. The molecule has 0 aromatic rings. The Labute approximate surface area is 56.2 Å². The zero-order chi connectivity index (χ0) is 4.99. The van der Waals surface area contributed by atoms with Crippen molar-refractivity contribution in [2.45, 2.75) is 0 Å². The monoisotopic (exact) mass is 234 g/mol. The molecule has 0 aliphatic heterocycles. The highest BCUT2D eigenvalue weighted by atomic mass is 79.9. The largest absolute Gasteiger partial charge is 0.258 e. The fraction of sp³-hybridized carbons (Fsp3) is 1.00. The van der Waals surface area contributed by atoms with E-state index in [0.29, 0.717) is 9.32 Å². The number of rotatable bonds is 2. The Morgan fingerprint density at radius 1 is 1.33 bits per heavy atom. The Morgan fingerprint density at radius 3 is 1.67 bits per heavy atom. The third-order valence-corrected chi connectivity index (χ3v) is 3.79. The Kier molecular flexibility index (Phi) is 5.06. The number of halogens is 2. The van der Waals surface area contributed by atoms with Gasteiger partial charge in [-0.05, 0) is 0 Å². The fourth-order valence-electron chi connectivity index (χ4n) is 0.0292. The van der Waals surface area contributed by atoms with Crippen molar-refractivity contribution in [2.24, 2.45) is 0 Å². The molecule has 38 valence electrons. The van der Waals surface area contributed by atoms with Crippen LogP contribution in [-0.2, 0) is 10.8 Å². The van der Waals surface area contributed by atoms with Crippen molar-refractivity contribution in [3.05, 3.63) is 0 Å². The summed E-state index contributed by atoms with van der Waals surface area (Å²) in [5.74, 6) is 0. The van der Waals surface area contributed by atoms with E-state index in [2.05, 4.69) is 31.9 Å². The Balaban J connectivity index is 2.99. The maximum absolute atomic E-state index is 10.2. The lowest BCUT2D eigenvalue weighted by atomic mass is 11.9. The van der Waals surface area contributed by atoms with Crippen molar-refractivity contribution in [3.63, 3.8) is 0 Å². The molecule has 1 nitrogen and oxygen atoms in total. The molecule has 0 N–H and O–H groups in total. The van der Waals surface area contributed by atoms with Gasteiger partial charge in [-0.25, -0.2) is 0 Å². The number of hydrogen-bond acceptors (Lipinski definition) is 1. The molecule has 0 saturated carbocycles. The highest BCUT2D eigenvalue weighted by molar-refractivity contribution is 9.12. The summed E-state index contributed by atoms with van der Waals surface area (Å²) in [4.78, 5) is 0. The van der Waals surface area contributed by atoms with E-state index in [9.17, 15) is 4.21 Å². The summed E-state index contributed by atoms with van der Waals surface area (Å²) in [6.45, 7) is 0. The molecule has 0 heterocycles. The quantitative estimate of drug-likeness (QED) is 0.663. The van der Waals surface area contributed by atoms with Crippen LogP contribution in [0.15, 0.2) is 0 Å². The van der Waals surface area contributed by atoms with Crippen LogP contribution in [0, 0.1) is 0 Å². The van der Waals surface area contributed by atoms with Gasteiger partial charge in [0.2, 0.25) is 0 Å². The molecular formula is C2H4Br2OS. The van der Waals surface area contributed by atoms with Crippen LogP contribution in [0.3, 0.4) is 0 Å². The molecule has 0 bridgehead atoms. The maximum Gasteiger partial charge on any atom is 0.0798 e. The Hall–Kier alpha value is 1.11. The van der Waals surface area contributed by atoms with Crippen molar-refractivity contribution in [2.75, 3.05) is 9.32 Å². The van der Waals surface area contributed by atoms with Crippen LogP contribution in [0.2, 0.25) is 0 Å². The van der Waals surface area contributed by atoms with Gasteiger partial charge in [0.25, 0.3) is 0 Å². The van der Waals surface area contributed by atoms with Gasteiger partial charge in [-0.1, -0.05) is 31.9 Å². The van der Waals surface area contributed by atoms with Crippen LogP contribution < -0.4 is 0 Å². The predicted octanol–water partition coefficient (Wildman–Crippen LogP) is 1.44. The minimum Gasteiger partial charge on any atom is -0.258 e. The third-order valence-electron chi connectivity index (χ3n) is 0.243. The van der Waals surface area contributed by atoms with Gasteiger partial charge >= 0.3 is 0 Å². The second-order valence-corrected chi connectivity index (χ2v) is 4.72. The van der Waals surface area contributed by atoms with Crippen LogP contribution in [0.1, 0.15) is 0 Å². The van der Waals surface area contributed by atoms with Gasteiger partial charge in [-0.2, -0.15) is 0 Å². The number of hydrogen-bond donors (Lipinski definition) is 0. The van der Waals surface area contributed by atoms with Crippen LogP contribution in [0.25, 0.3) is 0 Å². The first-order chi connectivity index (χ1) is 2.81. The van der Waals surface area contributed by atoms with Gasteiger partial charge < -0.3 is 0 Å². The van der Waals surface area contributed by atoms with E-state index in [1.54, 1.807) is 0 Å². The average Bonchev–Trinajstić information content (AvgIpc) is 1.65. The lowest BCUT2D eigenvalue weighted by molar-refractivity contribution is 0.689. The van der Waals surface area contributed by atoms with Crippen LogP contribution in [0.5, 0.6) is 0 Å². The lowest BCUT2D eigenvalue weighted by Gasteiger charge is -1.81. The van der Waals surface area contributed by atoms with Crippen molar-refractivity contribution in [1.29, 1.82) is 0 Å². The first-order valence-electron chi connectivity index (χ1n) is 1.28. The van der Waals surface area contributed by atoms with Crippen LogP contribution >= 0.6 is 31.9 Å². The van der Waals surface area contributed by atoms with Crippen molar-refractivity contribution in [3.8, 4) is 0 Å². The summed E-state index contributed by atoms with van der Waals surface area (Å²) in [6, 6.07) is 0. The Bertz CT molecular complexity index is 49.5. The molecule has 0 fully saturated rings. The van der Waals surface area contributed by atoms with Crippen LogP contribution in [0.4, 0.5) is 0 Å². The van der Waals surface area contributed by atoms with Crippen molar-refractivity contribution < 1.29 is 4.21 Å². The smallest absolute Gasteiger partial charge is 0.0798 e. The highest BCUT2D eigenvalue weighted by Crippen LogP contribution is 1.92. The van der Waals surface area contributed by atoms with Crippen LogP contribution in [-0.4, -0.2) is 13.5 Å². The average molecular weight is 236 g/mol. The molecule has 0 amide bonds. The fourth-order valence-corrected chi connectivity index (χ4v) is 2.36. The zero-order valence-electron chi connectivity index (χ0n) is 2.99.